The van der Waals surface area contributed by atoms with Crippen molar-refractivity contribution in [2.24, 2.45) is 0 Å². The minimum absolute atomic E-state index is 0.122. The van der Waals surface area contributed by atoms with Crippen LogP contribution >= 0.6 is 0 Å². The summed E-state index contributed by atoms with van der Waals surface area (Å²) in [5, 5.41) is 26.4. The number of para-hydroxylation sites is 2. The largest absolute Gasteiger partial charge is 0.355 e. The molecule has 0 atom stereocenters. The summed E-state index contributed by atoms with van der Waals surface area (Å²) >= 11 is 0. The van der Waals surface area contributed by atoms with Gasteiger partial charge in [-0.2, -0.15) is 0 Å². The van der Waals surface area contributed by atoms with Crippen LogP contribution in [0.3, 0.4) is 0 Å². The van der Waals surface area contributed by atoms with Gasteiger partial charge in [-0.3, -0.25) is 20.2 Å². The van der Waals surface area contributed by atoms with Crippen molar-refractivity contribution in [2.75, 3.05) is 0 Å². The molecule has 0 saturated heterocycles. The quantitative estimate of drug-likeness (QED) is 0.526. The van der Waals surface area contributed by atoms with Gasteiger partial charge in [0.15, 0.2) is 5.76 Å². The molecular weight excluding hydrogens is 314 g/mol. The zero-order chi connectivity index (χ0) is 17.3. The van der Waals surface area contributed by atoms with E-state index < -0.39 is 9.85 Å². The number of benzene rings is 2. The molecule has 0 aliphatic rings. The normalized spacial score (nSPS) is 10.5. The van der Waals surface area contributed by atoms with Crippen molar-refractivity contribution >= 4 is 11.4 Å². The Labute approximate surface area is 135 Å². The van der Waals surface area contributed by atoms with E-state index in [4.69, 9.17) is 4.52 Å². The van der Waals surface area contributed by atoms with Crippen molar-refractivity contribution in [1.82, 2.24) is 5.16 Å². The second kappa shape index (κ2) is 5.92. The number of hydrogen-bond donors (Lipinski definition) is 0. The van der Waals surface area contributed by atoms with Gasteiger partial charge in [0.2, 0.25) is 0 Å². The van der Waals surface area contributed by atoms with Gasteiger partial charge in [-0.25, -0.2) is 0 Å². The molecule has 1 heterocycles. The van der Waals surface area contributed by atoms with Gasteiger partial charge in [0.05, 0.1) is 32.2 Å². The third-order valence-electron chi connectivity index (χ3n) is 3.58. The second-order valence-electron chi connectivity index (χ2n) is 5.02. The summed E-state index contributed by atoms with van der Waals surface area (Å²) in [7, 11) is 0. The van der Waals surface area contributed by atoms with E-state index in [2.05, 4.69) is 5.16 Å². The fourth-order valence-corrected chi connectivity index (χ4v) is 2.54. The molecule has 3 rings (SSSR count). The molecule has 3 aromatic rings. The summed E-state index contributed by atoms with van der Waals surface area (Å²) in [6.07, 6.45) is 0. The second-order valence-corrected chi connectivity index (χ2v) is 5.02. The number of nitro groups is 2. The molecule has 24 heavy (non-hydrogen) atoms. The summed E-state index contributed by atoms with van der Waals surface area (Å²) < 4.78 is 5.28. The Balaban J connectivity index is 2.30. The number of hydrogen-bond acceptors (Lipinski definition) is 6. The van der Waals surface area contributed by atoms with Crippen LogP contribution in [0.1, 0.15) is 5.69 Å². The first-order chi connectivity index (χ1) is 11.5. The first-order valence-corrected chi connectivity index (χ1v) is 6.94. The van der Waals surface area contributed by atoms with Crippen molar-refractivity contribution in [3.05, 3.63) is 74.5 Å². The van der Waals surface area contributed by atoms with Crippen LogP contribution in [0.15, 0.2) is 53.1 Å². The lowest BCUT2D eigenvalue weighted by Gasteiger charge is -2.05. The van der Waals surface area contributed by atoms with Gasteiger partial charge in [0.25, 0.3) is 11.4 Å². The van der Waals surface area contributed by atoms with Crippen LogP contribution in [0, 0.1) is 27.2 Å². The van der Waals surface area contributed by atoms with E-state index in [1.807, 2.05) is 0 Å². The Morgan fingerprint density at radius 2 is 1.38 bits per heavy atom. The van der Waals surface area contributed by atoms with E-state index in [0.717, 1.165) is 0 Å². The van der Waals surface area contributed by atoms with Crippen molar-refractivity contribution in [1.29, 1.82) is 0 Å². The third-order valence-corrected chi connectivity index (χ3v) is 3.58. The van der Waals surface area contributed by atoms with Crippen LogP contribution in [-0.4, -0.2) is 15.0 Å². The maximum absolute atomic E-state index is 11.3. The molecule has 0 spiro atoms. The smallest absolute Gasteiger partial charge is 0.280 e. The summed E-state index contributed by atoms with van der Waals surface area (Å²) in [6, 6.07) is 12.2. The number of nitrogens with zero attached hydrogens (tertiary/aromatic N) is 3. The van der Waals surface area contributed by atoms with Crippen LogP contribution in [0.5, 0.6) is 0 Å². The highest BCUT2D eigenvalue weighted by molar-refractivity contribution is 5.88. The van der Waals surface area contributed by atoms with Crippen molar-refractivity contribution < 1.29 is 14.4 Å². The van der Waals surface area contributed by atoms with E-state index in [1.54, 1.807) is 31.2 Å². The zero-order valence-corrected chi connectivity index (χ0v) is 12.5. The Morgan fingerprint density at radius 3 is 1.96 bits per heavy atom. The van der Waals surface area contributed by atoms with Gasteiger partial charge < -0.3 is 4.52 Å². The molecule has 8 heteroatoms. The average Bonchev–Trinajstić information content (AvgIpc) is 2.96. The lowest BCUT2D eigenvalue weighted by molar-refractivity contribution is -0.384. The number of aryl methyl sites for hydroxylation is 1. The molecule has 0 radical (unpaired) electrons. The van der Waals surface area contributed by atoms with Crippen molar-refractivity contribution in [3.63, 3.8) is 0 Å². The number of rotatable bonds is 4. The number of nitro benzene ring substituents is 2. The predicted octanol–water partition coefficient (Wildman–Crippen LogP) is 4.13. The predicted molar refractivity (Wildman–Crippen MR) is 85.4 cm³/mol. The van der Waals surface area contributed by atoms with Gasteiger partial charge in [-0.05, 0) is 19.1 Å². The van der Waals surface area contributed by atoms with E-state index in [-0.39, 0.29) is 22.7 Å². The lowest BCUT2D eigenvalue weighted by atomic mass is 9.97. The van der Waals surface area contributed by atoms with E-state index in [0.29, 0.717) is 16.8 Å². The summed E-state index contributed by atoms with van der Waals surface area (Å²) in [5.41, 5.74) is 1.02. The maximum atomic E-state index is 11.3. The molecular formula is C16H11N3O5. The molecule has 0 bridgehead atoms. The van der Waals surface area contributed by atoms with Gasteiger partial charge >= 0.3 is 0 Å². The topological polar surface area (TPSA) is 112 Å². The highest BCUT2D eigenvalue weighted by Crippen LogP contribution is 2.41. The van der Waals surface area contributed by atoms with Crippen LogP contribution in [-0.2, 0) is 0 Å². The van der Waals surface area contributed by atoms with E-state index >= 15 is 0 Å². The molecule has 0 amide bonds. The van der Waals surface area contributed by atoms with Crippen LogP contribution < -0.4 is 0 Å². The summed E-state index contributed by atoms with van der Waals surface area (Å²) in [4.78, 5) is 21.5. The Morgan fingerprint density at radius 1 is 0.875 bits per heavy atom. The first kappa shape index (κ1) is 15.3. The monoisotopic (exact) mass is 325 g/mol. The molecule has 0 aliphatic carbocycles. The molecule has 1 aromatic heterocycles. The van der Waals surface area contributed by atoms with Gasteiger partial charge in [0, 0.05) is 12.1 Å². The summed E-state index contributed by atoms with van der Waals surface area (Å²) in [6.45, 7) is 1.63. The molecule has 2 aromatic carbocycles. The SMILES string of the molecule is Cc1noc(-c2ccccc2[N+](=O)[O-])c1-c1ccccc1[N+](=O)[O-]. The Bertz CT molecular complexity index is 948. The highest BCUT2D eigenvalue weighted by atomic mass is 16.6. The molecule has 120 valence electrons. The number of aromatic nitrogens is 1. The average molecular weight is 325 g/mol. The fourth-order valence-electron chi connectivity index (χ4n) is 2.54. The Kier molecular flexibility index (Phi) is 3.78. The summed E-state index contributed by atoms with van der Waals surface area (Å²) in [5.74, 6) is 0.133. The molecule has 8 nitrogen and oxygen atoms in total. The molecule has 0 unspecified atom stereocenters. The highest BCUT2D eigenvalue weighted by Gasteiger charge is 2.27. The van der Waals surface area contributed by atoms with Crippen molar-refractivity contribution in [2.45, 2.75) is 6.92 Å². The van der Waals surface area contributed by atoms with Crippen LogP contribution in [0.2, 0.25) is 0 Å². The van der Waals surface area contributed by atoms with Crippen LogP contribution in [0.4, 0.5) is 11.4 Å². The minimum Gasteiger partial charge on any atom is -0.355 e. The first-order valence-electron chi connectivity index (χ1n) is 6.94. The maximum Gasteiger partial charge on any atom is 0.280 e. The van der Waals surface area contributed by atoms with E-state index in [1.165, 1.54) is 24.3 Å². The van der Waals surface area contributed by atoms with Crippen molar-refractivity contribution in [3.8, 4) is 22.5 Å². The zero-order valence-electron chi connectivity index (χ0n) is 12.5. The van der Waals surface area contributed by atoms with Gasteiger partial charge in [-0.1, -0.05) is 29.4 Å². The molecule has 0 N–H and O–H groups in total. The minimum atomic E-state index is -0.531. The molecule has 0 aliphatic heterocycles. The van der Waals surface area contributed by atoms with E-state index in [9.17, 15) is 20.2 Å². The van der Waals surface area contributed by atoms with Gasteiger partial charge in [0.1, 0.15) is 0 Å². The van der Waals surface area contributed by atoms with Crippen LogP contribution in [0.25, 0.3) is 22.5 Å². The standard InChI is InChI=1S/C16H11N3O5/c1-10-15(11-6-2-4-8-13(11)18(20)21)16(24-17-10)12-7-3-5-9-14(12)19(22)23/h2-9H,1H3. The molecule has 0 fully saturated rings. The Hall–Kier alpha value is -3.55. The fraction of sp³-hybridized carbons (Fsp3) is 0.0625. The third kappa shape index (κ3) is 2.50. The van der Waals surface area contributed by atoms with Gasteiger partial charge in [-0.15, -0.1) is 0 Å². The molecule has 0 saturated carbocycles. The lowest BCUT2D eigenvalue weighted by Crippen LogP contribution is -1.95.